The molecule has 17 heavy (non-hydrogen) atoms. The Morgan fingerprint density at radius 1 is 1.41 bits per heavy atom. The summed E-state index contributed by atoms with van der Waals surface area (Å²) in [5.74, 6) is 0.842. The van der Waals surface area contributed by atoms with Crippen molar-refractivity contribution in [2.24, 2.45) is 12.5 Å². The van der Waals surface area contributed by atoms with Gasteiger partial charge in [0.15, 0.2) is 5.82 Å². The molecule has 1 rings (SSSR count). The van der Waals surface area contributed by atoms with Gasteiger partial charge in [-0.05, 0) is 17.0 Å². The zero-order chi connectivity index (χ0) is 12.9. The van der Waals surface area contributed by atoms with Crippen molar-refractivity contribution in [3.8, 4) is 0 Å². The smallest absolute Gasteiger partial charge is 0.175 e. The van der Waals surface area contributed by atoms with Gasteiger partial charge in [-0.25, -0.2) is 0 Å². The maximum absolute atomic E-state index is 4.27. The summed E-state index contributed by atoms with van der Waals surface area (Å²) < 4.78 is 0. The lowest BCUT2D eigenvalue weighted by atomic mass is 9.81. The minimum Gasteiger partial charge on any atom is -0.314 e. The molecule has 1 atom stereocenters. The van der Waals surface area contributed by atoms with Crippen molar-refractivity contribution in [3.05, 3.63) is 5.82 Å². The highest BCUT2D eigenvalue weighted by molar-refractivity contribution is 4.89. The highest BCUT2D eigenvalue weighted by Gasteiger charge is 2.26. The standard InChI is InChI=1S/C12H25N5/c1-6-7-12(4,9-13-10(2)3)8-11-14-16-17(5)15-11/h10,13H,6-9H2,1-5H3. The molecule has 0 amide bonds. The fourth-order valence-electron chi connectivity index (χ4n) is 2.07. The van der Waals surface area contributed by atoms with Crippen LogP contribution in [0.3, 0.4) is 0 Å². The highest BCUT2D eigenvalue weighted by Crippen LogP contribution is 2.26. The maximum Gasteiger partial charge on any atom is 0.175 e. The van der Waals surface area contributed by atoms with Gasteiger partial charge in [0.2, 0.25) is 0 Å². The van der Waals surface area contributed by atoms with Gasteiger partial charge in [-0.3, -0.25) is 0 Å². The number of nitrogens with one attached hydrogen (secondary N) is 1. The Labute approximate surface area is 104 Å². The first-order valence-electron chi connectivity index (χ1n) is 6.41. The van der Waals surface area contributed by atoms with Crippen molar-refractivity contribution in [2.75, 3.05) is 6.54 Å². The van der Waals surface area contributed by atoms with Crippen LogP contribution in [-0.2, 0) is 13.5 Å². The van der Waals surface area contributed by atoms with Crippen molar-refractivity contribution >= 4 is 0 Å². The summed E-state index contributed by atoms with van der Waals surface area (Å²) in [6.45, 7) is 9.86. The summed E-state index contributed by atoms with van der Waals surface area (Å²) in [6.07, 6.45) is 3.23. The van der Waals surface area contributed by atoms with Gasteiger partial charge in [-0.1, -0.05) is 34.1 Å². The number of hydrogen-bond donors (Lipinski definition) is 1. The summed E-state index contributed by atoms with van der Waals surface area (Å²) in [6, 6.07) is 0.515. The minimum atomic E-state index is 0.210. The van der Waals surface area contributed by atoms with Gasteiger partial charge in [0.05, 0.1) is 7.05 Å². The number of aromatic nitrogens is 4. The second-order valence-corrected chi connectivity index (χ2v) is 5.47. The normalized spacial score (nSPS) is 15.2. The number of aryl methyl sites for hydroxylation is 1. The molecule has 0 saturated heterocycles. The van der Waals surface area contributed by atoms with E-state index in [2.05, 4.69) is 48.4 Å². The van der Waals surface area contributed by atoms with Gasteiger partial charge in [0.1, 0.15) is 0 Å². The van der Waals surface area contributed by atoms with E-state index >= 15 is 0 Å². The van der Waals surface area contributed by atoms with Gasteiger partial charge in [0.25, 0.3) is 0 Å². The topological polar surface area (TPSA) is 55.6 Å². The van der Waals surface area contributed by atoms with Crippen molar-refractivity contribution in [1.82, 2.24) is 25.5 Å². The highest BCUT2D eigenvalue weighted by atomic mass is 15.6. The van der Waals surface area contributed by atoms with Crippen LogP contribution < -0.4 is 5.32 Å². The average molecular weight is 239 g/mol. The fourth-order valence-corrected chi connectivity index (χ4v) is 2.07. The van der Waals surface area contributed by atoms with E-state index in [1.165, 1.54) is 17.6 Å². The van der Waals surface area contributed by atoms with Crippen LogP contribution >= 0.6 is 0 Å². The first kappa shape index (κ1) is 14.1. The fraction of sp³-hybridized carbons (Fsp3) is 0.917. The molecule has 0 aliphatic heterocycles. The quantitative estimate of drug-likeness (QED) is 0.784. The third-order valence-corrected chi connectivity index (χ3v) is 2.93. The number of tetrazole rings is 1. The van der Waals surface area contributed by atoms with Gasteiger partial charge in [0, 0.05) is 19.0 Å². The van der Waals surface area contributed by atoms with Crippen LogP contribution in [0.5, 0.6) is 0 Å². The lowest BCUT2D eigenvalue weighted by Crippen LogP contribution is -2.37. The molecule has 1 heterocycles. The molecule has 1 aromatic rings. The van der Waals surface area contributed by atoms with E-state index in [-0.39, 0.29) is 5.41 Å². The van der Waals surface area contributed by atoms with Crippen LogP contribution in [0.25, 0.3) is 0 Å². The Balaban J connectivity index is 2.63. The molecule has 0 bridgehead atoms. The molecular formula is C12H25N5. The Kier molecular flexibility index (Phi) is 5.05. The van der Waals surface area contributed by atoms with E-state index in [4.69, 9.17) is 0 Å². The predicted molar refractivity (Wildman–Crippen MR) is 68.7 cm³/mol. The van der Waals surface area contributed by atoms with E-state index in [9.17, 15) is 0 Å². The lowest BCUT2D eigenvalue weighted by molar-refractivity contribution is 0.262. The molecule has 0 spiro atoms. The minimum absolute atomic E-state index is 0.210. The summed E-state index contributed by atoms with van der Waals surface area (Å²) in [4.78, 5) is 1.53. The van der Waals surface area contributed by atoms with Crippen molar-refractivity contribution in [3.63, 3.8) is 0 Å². The first-order valence-corrected chi connectivity index (χ1v) is 6.41. The van der Waals surface area contributed by atoms with Gasteiger partial charge in [-0.2, -0.15) is 4.80 Å². The molecule has 1 unspecified atom stereocenters. The van der Waals surface area contributed by atoms with E-state index in [0.717, 1.165) is 18.8 Å². The van der Waals surface area contributed by atoms with Crippen LogP contribution in [0.1, 0.15) is 46.4 Å². The molecule has 5 nitrogen and oxygen atoms in total. The lowest BCUT2D eigenvalue weighted by Gasteiger charge is -2.29. The van der Waals surface area contributed by atoms with Crippen LogP contribution in [0.15, 0.2) is 0 Å². The van der Waals surface area contributed by atoms with Crippen LogP contribution in [0.4, 0.5) is 0 Å². The summed E-state index contributed by atoms with van der Waals surface area (Å²) >= 11 is 0. The monoisotopic (exact) mass is 239 g/mol. The van der Waals surface area contributed by atoms with Crippen molar-refractivity contribution < 1.29 is 0 Å². The summed E-state index contributed by atoms with van der Waals surface area (Å²) in [5.41, 5.74) is 0.210. The Hall–Kier alpha value is -0.970. The number of nitrogens with zero attached hydrogens (tertiary/aromatic N) is 4. The molecule has 0 aliphatic carbocycles. The molecule has 1 aromatic heterocycles. The van der Waals surface area contributed by atoms with E-state index < -0.39 is 0 Å². The molecule has 0 aliphatic rings. The van der Waals surface area contributed by atoms with Crippen LogP contribution in [0, 0.1) is 5.41 Å². The number of rotatable bonds is 7. The molecule has 1 N–H and O–H groups in total. The van der Waals surface area contributed by atoms with E-state index in [0.29, 0.717) is 6.04 Å². The Morgan fingerprint density at radius 3 is 2.59 bits per heavy atom. The second-order valence-electron chi connectivity index (χ2n) is 5.47. The van der Waals surface area contributed by atoms with Gasteiger partial charge >= 0.3 is 0 Å². The third kappa shape index (κ3) is 4.81. The van der Waals surface area contributed by atoms with Crippen molar-refractivity contribution in [1.29, 1.82) is 0 Å². The third-order valence-electron chi connectivity index (χ3n) is 2.93. The summed E-state index contributed by atoms with van der Waals surface area (Å²) in [7, 11) is 1.81. The second kappa shape index (κ2) is 6.10. The molecular weight excluding hydrogens is 214 g/mol. The molecule has 0 saturated carbocycles. The number of hydrogen-bond acceptors (Lipinski definition) is 4. The molecule has 5 heteroatoms. The SMILES string of the molecule is CCCC(C)(CNC(C)C)Cc1nnn(C)n1. The van der Waals surface area contributed by atoms with Crippen LogP contribution in [0.2, 0.25) is 0 Å². The molecule has 0 radical (unpaired) electrons. The predicted octanol–water partition coefficient (Wildman–Crippen LogP) is 1.56. The zero-order valence-corrected chi connectivity index (χ0v) is 11.7. The van der Waals surface area contributed by atoms with Gasteiger partial charge < -0.3 is 5.32 Å². The Morgan fingerprint density at radius 2 is 2.12 bits per heavy atom. The maximum atomic E-state index is 4.27. The van der Waals surface area contributed by atoms with Crippen molar-refractivity contribution in [2.45, 2.75) is 53.0 Å². The average Bonchev–Trinajstić information content (AvgIpc) is 2.61. The molecule has 0 aromatic carbocycles. The molecule has 0 fully saturated rings. The van der Waals surface area contributed by atoms with Crippen LogP contribution in [-0.4, -0.2) is 32.8 Å². The zero-order valence-electron chi connectivity index (χ0n) is 11.7. The first-order chi connectivity index (χ1) is 7.95. The van der Waals surface area contributed by atoms with E-state index in [1.807, 2.05) is 0 Å². The summed E-state index contributed by atoms with van der Waals surface area (Å²) in [5, 5.41) is 15.8. The van der Waals surface area contributed by atoms with E-state index in [1.54, 1.807) is 7.05 Å². The largest absolute Gasteiger partial charge is 0.314 e. The Bertz CT molecular complexity index is 333. The van der Waals surface area contributed by atoms with Gasteiger partial charge in [-0.15, -0.1) is 10.2 Å². The molecule has 98 valence electrons.